The summed E-state index contributed by atoms with van der Waals surface area (Å²) in [5.41, 5.74) is 7.80. The molecule has 2 aliphatic rings. The fraction of sp³-hybridized carbons (Fsp3) is 0.417. The number of carbonyl (C=O) groups excluding carboxylic acids is 1. The van der Waals surface area contributed by atoms with Crippen molar-refractivity contribution in [2.75, 3.05) is 18.8 Å². The van der Waals surface area contributed by atoms with E-state index >= 15 is 0 Å². The summed E-state index contributed by atoms with van der Waals surface area (Å²) in [6.07, 6.45) is 4.90. The van der Waals surface area contributed by atoms with Crippen LogP contribution >= 0.6 is 0 Å². The number of ether oxygens (including phenoxy) is 1. The molecule has 5 heterocycles. The standard InChI is InChI=1S/C24H27F2N7O2/c1-23(2,18-5-3-4-8-28-18)30-22(34)32-9-6-24(14-32)7-10-33-19(24)12-16(31-33)15-11-17(35-21(25)26)20(27)29-13-15/h3-5,8,11-13,21H,6-7,9-10,14H2,1-2H3,(H2,27,29)(H,30,34). The highest BCUT2D eigenvalue weighted by Crippen LogP contribution is 2.44. The van der Waals surface area contributed by atoms with Crippen LogP contribution in [0.3, 0.4) is 0 Å². The van der Waals surface area contributed by atoms with Crippen molar-refractivity contribution in [2.45, 2.75) is 50.8 Å². The number of nitrogens with two attached hydrogens (primary N) is 1. The van der Waals surface area contributed by atoms with E-state index in [-0.39, 0.29) is 23.0 Å². The molecule has 184 valence electrons. The smallest absolute Gasteiger partial charge is 0.387 e. The van der Waals surface area contributed by atoms with Crippen molar-refractivity contribution in [3.63, 3.8) is 0 Å². The van der Waals surface area contributed by atoms with Gasteiger partial charge in [0.2, 0.25) is 0 Å². The Morgan fingerprint density at radius 3 is 2.77 bits per heavy atom. The number of hydrogen-bond acceptors (Lipinski definition) is 6. The molecule has 2 aliphatic heterocycles. The van der Waals surface area contributed by atoms with Gasteiger partial charge < -0.3 is 20.7 Å². The van der Waals surface area contributed by atoms with Crippen LogP contribution in [-0.2, 0) is 17.5 Å². The van der Waals surface area contributed by atoms with E-state index < -0.39 is 12.2 Å². The molecule has 5 rings (SSSR count). The lowest BCUT2D eigenvalue weighted by Gasteiger charge is -2.30. The summed E-state index contributed by atoms with van der Waals surface area (Å²) in [5.74, 6) is -0.289. The number of alkyl halides is 2. The van der Waals surface area contributed by atoms with E-state index in [9.17, 15) is 13.6 Å². The Bertz CT molecular complexity index is 1250. The minimum absolute atomic E-state index is 0.108. The van der Waals surface area contributed by atoms with Gasteiger partial charge in [0.25, 0.3) is 0 Å². The van der Waals surface area contributed by atoms with Crippen molar-refractivity contribution in [1.29, 1.82) is 0 Å². The van der Waals surface area contributed by atoms with E-state index in [1.807, 2.05) is 47.7 Å². The number of aryl methyl sites for hydroxylation is 1. The molecule has 3 aromatic rings. The van der Waals surface area contributed by atoms with Gasteiger partial charge in [0.1, 0.15) is 0 Å². The van der Waals surface area contributed by atoms with Crippen molar-refractivity contribution in [3.8, 4) is 17.0 Å². The van der Waals surface area contributed by atoms with E-state index in [4.69, 9.17) is 5.73 Å². The molecule has 0 aromatic carbocycles. The first-order valence-corrected chi connectivity index (χ1v) is 11.4. The molecule has 9 nitrogen and oxygen atoms in total. The van der Waals surface area contributed by atoms with E-state index in [1.54, 1.807) is 6.20 Å². The first-order valence-electron chi connectivity index (χ1n) is 11.4. The van der Waals surface area contributed by atoms with Gasteiger partial charge in [-0.05, 0) is 51.0 Å². The van der Waals surface area contributed by atoms with Gasteiger partial charge in [0, 0.05) is 48.7 Å². The van der Waals surface area contributed by atoms with Crippen LogP contribution in [0.25, 0.3) is 11.3 Å². The van der Waals surface area contributed by atoms with Crippen LogP contribution in [0.15, 0.2) is 42.7 Å². The summed E-state index contributed by atoms with van der Waals surface area (Å²) in [6, 6.07) is 8.88. The number of nitrogen functional groups attached to an aromatic ring is 1. The summed E-state index contributed by atoms with van der Waals surface area (Å²) < 4.78 is 31.8. The summed E-state index contributed by atoms with van der Waals surface area (Å²) in [5, 5.41) is 7.77. The highest BCUT2D eigenvalue weighted by Gasteiger charge is 2.47. The minimum Gasteiger partial charge on any atom is -0.431 e. The number of likely N-dealkylation sites (tertiary alicyclic amines) is 1. The van der Waals surface area contributed by atoms with Crippen molar-refractivity contribution in [3.05, 3.63) is 54.1 Å². The molecule has 0 bridgehead atoms. The number of hydrogen-bond donors (Lipinski definition) is 2. The van der Waals surface area contributed by atoms with Gasteiger partial charge in [-0.15, -0.1) is 0 Å². The highest BCUT2D eigenvalue weighted by molar-refractivity contribution is 5.76. The zero-order valence-electron chi connectivity index (χ0n) is 19.5. The number of nitrogens with zero attached hydrogens (tertiary/aromatic N) is 5. The van der Waals surface area contributed by atoms with Crippen molar-refractivity contribution < 1.29 is 18.3 Å². The van der Waals surface area contributed by atoms with Gasteiger partial charge in [0.05, 0.1) is 16.9 Å². The summed E-state index contributed by atoms with van der Waals surface area (Å²) in [7, 11) is 0. The fourth-order valence-corrected chi connectivity index (χ4v) is 4.99. The molecule has 1 atom stereocenters. The van der Waals surface area contributed by atoms with E-state index in [2.05, 4.69) is 25.1 Å². The third kappa shape index (κ3) is 4.26. The normalized spacial score (nSPS) is 19.4. The van der Waals surface area contributed by atoms with Gasteiger partial charge in [-0.1, -0.05) is 6.07 Å². The van der Waals surface area contributed by atoms with Crippen molar-refractivity contribution in [1.82, 2.24) is 30.0 Å². The Labute approximate surface area is 201 Å². The van der Waals surface area contributed by atoms with Crippen LogP contribution in [-0.4, -0.2) is 50.4 Å². The number of rotatable bonds is 5. The second-order valence-corrected chi connectivity index (χ2v) is 9.60. The topological polar surface area (TPSA) is 111 Å². The molecule has 2 amide bonds. The lowest BCUT2D eigenvalue weighted by molar-refractivity contribution is -0.0494. The van der Waals surface area contributed by atoms with E-state index in [1.165, 1.54) is 12.3 Å². The number of anilines is 1. The van der Waals surface area contributed by atoms with Crippen molar-refractivity contribution in [2.24, 2.45) is 0 Å². The van der Waals surface area contributed by atoms with Crippen LogP contribution in [0.2, 0.25) is 0 Å². The largest absolute Gasteiger partial charge is 0.431 e. The lowest BCUT2D eigenvalue weighted by atomic mass is 9.82. The third-order valence-corrected chi connectivity index (χ3v) is 6.88. The van der Waals surface area contributed by atoms with Gasteiger partial charge in [-0.25, -0.2) is 9.78 Å². The van der Waals surface area contributed by atoms with E-state index in [0.717, 1.165) is 24.2 Å². The highest BCUT2D eigenvalue weighted by atomic mass is 19.3. The SMILES string of the molecule is CC(C)(NC(=O)N1CCC2(CCn3nc(-c4cnc(N)c(OC(F)F)c4)cc32)C1)c1ccccn1. The molecule has 0 saturated carbocycles. The van der Waals surface area contributed by atoms with Crippen LogP contribution < -0.4 is 15.8 Å². The maximum atomic E-state index is 13.1. The zero-order valence-corrected chi connectivity index (χ0v) is 19.5. The quantitative estimate of drug-likeness (QED) is 0.575. The molecule has 0 aliphatic carbocycles. The first-order chi connectivity index (χ1) is 16.7. The predicted molar refractivity (Wildman–Crippen MR) is 125 cm³/mol. The molecule has 1 saturated heterocycles. The number of urea groups is 1. The monoisotopic (exact) mass is 483 g/mol. The molecule has 1 fully saturated rings. The second kappa shape index (κ2) is 8.47. The number of nitrogens with one attached hydrogen (secondary N) is 1. The predicted octanol–water partition coefficient (Wildman–Crippen LogP) is 3.52. The number of amides is 2. The molecule has 1 spiro atoms. The Morgan fingerprint density at radius 2 is 2.03 bits per heavy atom. The molecule has 0 radical (unpaired) electrons. The average Bonchev–Trinajstić information content (AvgIpc) is 3.52. The molecule has 3 N–H and O–H groups in total. The molecule has 35 heavy (non-hydrogen) atoms. The third-order valence-electron chi connectivity index (χ3n) is 6.88. The van der Waals surface area contributed by atoms with Gasteiger partial charge in [-0.2, -0.15) is 13.9 Å². The summed E-state index contributed by atoms with van der Waals surface area (Å²) in [4.78, 5) is 23.3. The Hall–Kier alpha value is -3.76. The number of fused-ring (bicyclic) bond motifs is 2. The first kappa shape index (κ1) is 23.0. The number of halogens is 2. The molecular formula is C24H27F2N7O2. The van der Waals surface area contributed by atoms with Crippen LogP contribution in [0.5, 0.6) is 5.75 Å². The van der Waals surface area contributed by atoms with Crippen LogP contribution in [0, 0.1) is 0 Å². The number of aromatic nitrogens is 4. The Morgan fingerprint density at radius 1 is 1.23 bits per heavy atom. The molecule has 3 aromatic heterocycles. The Balaban J connectivity index is 1.34. The zero-order chi connectivity index (χ0) is 24.8. The molecular weight excluding hydrogens is 456 g/mol. The van der Waals surface area contributed by atoms with Crippen LogP contribution in [0.1, 0.15) is 38.1 Å². The fourth-order valence-electron chi connectivity index (χ4n) is 4.99. The number of carbonyl (C=O) groups is 1. The van der Waals surface area contributed by atoms with Crippen molar-refractivity contribution >= 4 is 11.8 Å². The van der Waals surface area contributed by atoms with Gasteiger partial charge >= 0.3 is 12.6 Å². The Kier molecular flexibility index (Phi) is 5.57. The second-order valence-electron chi connectivity index (χ2n) is 9.60. The molecule has 1 unspecified atom stereocenters. The number of pyridine rings is 2. The molecule has 11 heteroatoms. The maximum absolute atomic E-state index is 13.1. The van der Waals surface area contributed by atoms with Gasteiger partial charge in [-0.3, -0.25) is 9.67 Å². The average molecular weight is 484 g/mol. The van der Waals surface area contributed by atoms with E-state index in [0.29, 0.717) is 30.9 Å². The maximum Gasteiger partial charge on any atom is 0.387 e. The minimum atomic E-state index is -3.00. The van der Waals surface area contributed by atoms with Crippen LogP contribution in [0.4, 0.5) is 19.4 Å². The summed E-state index contributed by atoms with van der Waals surface area (Å²) >= 11 is 0. The summed E-state index contributed by atoms with van der Waals surface area (Å²) in [6.45, 7) is 2.78. The lowest BCUT2D eigenvalue weighted by Crippen LogP contribution is -2.48. The van der Waals surface area contributed by atoms with Gasteiger partial charge in [0.15, 0.2) is 11.6 Å².